The highest BCUT2D eigenvalue weighted by atomic mass is 16.5. The molecule has 0 saturated carbocycles. The minimum Gasteiger partial charge on any atom is -0.385 e. The Morgan fingerprint density at radius 1 is 1.36 bits per heavy atom. The first-order valence-electron chi connectivity index (χ1n) is 8.42. The summed E-state index contributed by atoms with van der Waals surface area (Å²) < 4.78 is 10.5. The minimum atomic E-state index is -0.361. The van der Waals surface area contributed by atoms with Gasteiger partial charge in [-0.25, -0.2) is 4.98 Å². The van der Waals surface area contributed by atoms with Crippen LogP contribution in [0.5, 0.6) is 0 Å². The van der Waals surface area contributed by atoms with Gasteiger partial charge in [0.05, 0.1) is 17.3 Å². The van der Waals surface area contributed by atoms with Crippen LogP contribution in [0.15, 0.2) is 16.9 Å². The quantitative estimate of drug-likeness (QED) is 0.814. The Bertz CT molecular complexity index is 730. The number of methoxy groups -OCH3 is 1. The van der Waals surface area contributed by atoms with E-state index in [1.165, 1.54) is 6.20 Å². The third-order valence-corrected chi connectivity index (χ3v) is 4.65. The zero-order chi connectivity index (χ0) is 17.9. The average molecular weight is 345 g/mol. The molecular formula is C17H23N5O3. The van der Waals surface area contributed by atoms with Crippen molar-refractivity contribution in [1.29, 1.82) is 0 Å². The maximum absolute atomic E-state index is 12.8. The monoisotopic (exact) mass is 345 g/mol. The second-order valence-electron chi connectivity index (χ2n) is 6.53. The van der Waals surface area contributed by atoms with Crippen molar-refractivity contribution >= 4 is 5.91 Å². The molecule has 8 heteroatoms. The zero-order valence-corrected chi connectivity index (χ0v) is 14.9. The van der Waals surface area contributed by atoms with Crippen molar-refractivity contribution in [3.05, 3.63) is 35.5 Å². The standard InChI is InChI=1S/C17H23N5O3/c1-12-9-19-14(10-18-12)15(23)22-7-4-5-17(11-22,6-8-24-3)16-20-13(2)25-21-16/h9-10H,4-8,11H2,1-3H3. The summed E-state index contributed by atoms with van der Waals surface area (Å²) in [7, 11) is 1.67. The predicted octanol–water partition coefficient (Wildman–Crippen LogP) is 1.69. The summed E-state index contributed by atoms with van der Waals surface area (Å²) in [6.07, 6.45) is 5.62. The van der Waals surface area contributed by atoms with Gasteiger partial charge in [0, 0.05) is 39.9 Å². The summed E-state index contributed by atoms with van der Waals surface area (Å²) in [4.78, 5) is 27.5. The molecule has 25 heavy (non-hydrogen) atoms. The number of ether oxygens (including phenoxy) is 1. The Labute approximate surface area is 146 Å². The Hall–Kier alpha value is -2.35. The molecule has 0 N–H and O–H groups in total. The second kappa shape index (κ2) is 7.26. The molecule has 2 aromatic heterocycles. The molecule has 0 bridgehead atoms. The summed E-state index contributed by atoms with van der Waals surface area (Å²) in [5.74, 6) is 1.06. The molecule has 3 rings (SSSR count). The first-order chi connectivity index (χ1) is 12.0. The zero-order valence-electron chi connectivity index (χ0n) is 14.9. The number of aryl methyl sites for hydroxylation is 2. The first kappa shape index (κ1) is 17.5. The van der Waals surface area contributed by atoms with Crippen molar-refractivity contribution in [3.63, 3.8) is 0 Å². The lowest BCUT2D eigenvalue weighted by molar-refractivity contribution is 0.0561. The van der Waals surface area contributed by atoms with E-state index in [1.54, 1.807) is 20.2 Å². The Balaban J connectivity index is 1.85. The fourth-order valence-corrected chi connectivity index (χ4v) is 3.28. The average Bonchev–Trinajstić information content (AvgIpc) is 3.07. The molecule has 1 aliphatic heterocycles. The molecule has 0 aromatic carbocycles. The van der Waals surface area contributed by atoms with E-state index in [4.69, 9.17) is 9.26 Å². The number of amides is 1. The molecule has 8 nitrogen and oxygen atoms in total. The van der Waals surface area contributed by atoms with Crippen LogP contribution in [0.2, 0.25) is 0 Å². The van der Waals surface area contributed by atoms with E-state index < -0.39 is 0 Å². The maximum Gasteiger partial charge on any atom is 0.274 e. The number of hydrogen-bond donors (Lipinski definition) is 0. The number of carbonyl (C=O) groups is 1. The summed E-state index contributed by atoms with van der Waals surface area (Å²) >= 11 is 0. The molecule has 134 valence electrons. The fourth-order valence-electron chi connectivity index (χ4n) is 3.28. The Morgan fingerprint density at radius 3 is 2.84 bits per heavy atom. The van der Waals surface area contributed by atoms with E-state index in [2.05, 4.69) is 20.1 Å². The molecule has 3 heterocycles. The van der Waals surface area contributed by atoms with E-state index in [9.17, 15) is 4.79 Å². The summed E-state index contributed by atoms with van der Waals surface area (Å²) in [6.45, 7) is 5.38. The van der Waals surface area contributed by atoms with Gasteiger partial charge >= 0.3 is 0 Å². The van der Waals surface area contributed by atoms with Crippen LogP contribution in [0.3, 0.4) is 0 Å². The summed E-state index contributed by atoms with van der Waals surface area (Å²) in [5, 5.41) is 4.14. The number of aromatic nitrogens is 4. The van der Waals surface area contributed by atoms with Crippen molar-refractivity contribution in [2.75, 3.05) is 26.8 Å². The number of piperidine rings is 1. The van der Waals surface area contributed by atoms with Crippen LogP contribution in [0.25, 0.3) is 0 Å². The normalized spacial score (nSPS) is 20.7. The molecule has 2 aromatic rings. The van der Waals surface area contributed by atoms with E-state index in [-0.39, 0.29) is 11.3 Å². The van der Waals surface area contributed by atoms with Crippen LogP contribution < -0.4 is 0 Å². The largest absolute Gasteiger partial charge is 0.385 e. The highest BCUT2D eigenvalue weighted by Gasteiger charge is 2.42. The van der Waals surface area contributed by atoms with Crippen LogP contribution in [-0.2, 0) is 10.2 Å². The highest BCUT2D eigenvalue weighted by molar-refractivity contribution is 5.92. The molecule has 0 radical (unpaired) electrons. The maximum atomic E-state index is 12.8. The van der Waals surface area contributed by atoms with Crippen LogP contribution in [0.4, 0.5) is 0 Å². The fraction of sp³-hybridized carbons (Fsp3) is 0.588. The Morgan fingerprint density at radius 2 is 2.20 bits per heavy atom. The van der Waals surface area contributed by atoms with Crippen LogP contribution in [-0.4, -0.2) is 57.7 Å². The predicted molar refractivity (Wildman–Crippen MR) is 89.1 cm³/mol. The summed E-state index contributed by atoms with van der Waals surface area (Å²) in [6, 6.07) is 0. The SMILES string of the molecule is COCCC1(c2noc(C)n2)CCCN(C(=O)c2cnc(C)cn2)C1. The van der Waals surface area contributed by atoms with Gasteiger partial charge in [-0.2, -0.15) is 4.98 Å². The van der Waals surface area contributed by atoms with Gasteiger partial charge < -0.3 is 14.2 Å². The third-order valence-electron chi connectivity index (χ3n) is 4.65. The molecule has 1 aliphatic rings. The van der Waals surface area contributed by atoms with Crippen molar-refractivity contribution in [2.24, 2.45) is 0 Å². The van der Waals surface area contributed by atoms with Crippen molar-refractivity contribution in [3.8, 4) is 0 Å². The second-order valence-corrected chi connectivity index (χ2v) is 6.53. The molecular weight excluding hydrogens is 322 g/mol. The number of likely N-dealkylation sites (tertiary alicyclic amines) is 1. The van der Waals surface area contributed by atoms with E-state index in [0.29, 0.717) is 37.1 Å². The van der Waals surface area contributed by atoms with Gasteiger partial charge in [-0.3, -0.25) is 9.78 Å². The number of hydrogen-bond acceptors (Lipinski definition) is 7. The Kier molecular flexibility index (Phi) is 5.08. The first-order valence-corrected chi connectivity index (χ1v) is 8.42. The van der Waals surface area contributed by atoms with Crippen molar-refractivity contribution in [1.82, 2.24) is 25.0 Å². The number of rotatable bonds is 5. The van der Waals surface area contributed by atoms with Crippen LogP contribution in [0.1, 0.15) is 47.2 Å². The molecule has 1 saturated heterocycles. The third kappa shape index (κ3) is 3.68. The summed E-state index contributed by atoms with van der Waals surface area (Å²) in [5.41, 5.74) is 0.782. The van der Waals surface area contributed by atoms with Gasteiger partial charge in [0.1, 0.15) is 5.69 Å². The molecule has 1 fully saturated rings. The van der Waals surface area contributed by atoms with E-state index >= 15 is 0 Å². The van der Waals surface area contributed by atoms with Gasteiger partial charge in [0.15, 0.2) is 5.82 Å². The molecule has 0 aliphatic carbocycles. The smallest absolute Gasteiger partial charge is 0.274 e. The van der Waals surface area contributed by atoms with Gasteiger partial charge in [0.25, 0.3) is 5.91 Å². The van der Waals surface area contributed by atoms with Gasteiger partial charge in [-0.1, -0.05) is 5.16 Å². The minimum absolute atomic E-state index is 0.116. The van der Waals surface area contributed by atoms with Gasteiger partial charge in [-0.05, 0) is 26.2 Å². The van der Waals surface area contributed by atoms with E-state index in [0.717, 1.165) is 25.0 Å². The van der Waals surface area contributed by atoms with E-state index in [1.807, 2.05) is 11.8 Å². The molecule has 1 atom stereocenters. The van der Waals surface area contributed by atoms with Crippen molar-refractivity contribution < 1.29 is 14.1 Å². The lowest BCUT2D eigenvalue weighted by Gasteiger charge is -2.40. The van der Waals surface area contributed by atoms with Crippen molar-refractivity contribution in [2.45, 2.75) is 38.5 Å². The molecule has 0 spiro atoms. The van der Waals surface area contributed by atoms with Gasteiger partial charge in [0.2, 0.25) is 5.89 Å². The van der Waals surface area contributed by atoms with Crippen LogP contribution in [0, 0.1) is 13.8 Å². The molecule has 1 unspecified atom stereocenters. The topological polar surface area (TPSA) is 94.2 Å². The molecule has 1 amide bonds. The van der Waals surface area contributed by atoms with Crippen LogP contribution >= 0.6 is 0 Å². The lowest BCUT2D eigenvalue weighted by atomic mass is 9.76. The number of carbonyl (C=O) groups excluding carboxylic acids is 1. The number of nitrogens with zero attached hydrogens (tertiary/aromatic N) is 5. The van der Waals surface area contributed by atoms with Gasteiger partial charge in [-0.15, -0.1) is 0 Å². The lowest BCUT2D eigenvalue weighted by Crippen LogP contribution is -2.49. The highest BCUT2D eigenvalue weighted by Crippen LogP contribution is 2.36.